The summed E-state index contributed by atoms with van der Waals surface area (Å²) < 4.78 is 11.0. The number of hydrogen-bond acceptors (Lipinski definition) is 6. The van der Waals surface area contributed by atoms with Crippen molar-refractivity contribution in [3.8, 4) is 11.8 Å². The molecule has 1 aliphatic heterocycles. The number of nitrogens with zero attached hydrogens (tertiary/aromatic N) is 3. The highest BCUT2D eigenvalue weighted by Gasteiger charge is 2.20. The highest BCUT2D eigenvalue weighted by atomic mass is 16.5. The quantitative estimate of drug-likeness (QED) is 0.829. The van der Waals surface area contributed by atoms with Crippen LogP contribution in [0.1, 0.15) is 17.4 Å². The van der Waals surface area contributed by atoms with Crippen molar-refractivity contribution in [3.63, 3.8) is 0 Å². The molecule has 0 amide bonds. The Morgan fingerprint density at radius 1 is 1.16 bits per heavy atom. The number of rotatable bonds is 7. The lowest BCUT2D eigenvalue weighted by atomic mass is 10.2. The molecule has 1 fully saturated rings. The van der Waals surface area contributed by atoms with E-state index in [2.05, 4.69) is 15.9 Å². The topological polar surface area (TPSA) is 72.9 Å². The number of benzene rings is 1. The number of hydrogen-bond donors (Lipinski definition) is 1. The molecule has 0 radical (unpaired) electrons. The third kappa shape index (κ3) is 5.07. The van der Waals surface area contributed by atoms with E-state index in [1.807, 2.05) is 12.1 Å². The zero-order chi connectivity index (χ0) is 17.5. The normalized spacial score (nSPS) is 17.1. The van der Waals surface area contributed by atoms with Gasteiger partial charge in [-0.2, -0.15) is 5.26 Å². The van der Waals surface area contributed by atoms with Gasteiger partial charge in [0.15, 0.2) is 0 Å². The molecule has 6 heteroatoms. The van der Waals surface area contributed by atoms with Crippen LogP contribution in [0, 0.1) is 11.3 Å². The van der Waals surface area contributed by atoms with Crippen LogP contribution < -0.4 is 4.74 Å². The monoisotopic (exact) mass is 341 g/mol. The molecule has 25 heavy (non-hydrogen) atoms. The van der Waals surface area contributed by atoms with E-state index in [0.717, 1.165) is 38.5 Å². The summed E-state index contributed by atoms with van der Waals surface area (Å²) in [6, 6.07) is 12.9. The van der Waals surface area contributed by atoms with Crippen LogP contribution in [-0.4, -0.2) is 60.8 Å². The number of aliphatic hydroxyl groups excluding tert-OH is 1. The predicted molar refractivity (Wildman–Crippen MR) is 93.2 cm³/mol. The van der Waals surface area contributed by atoms with Crippen LogP contribution in [-0.2, 0) is 0 Å². The van der Waals surface area contributed by atoms with Gasteiger partial charge < -0.3 is 14.3 Å². The van der Waals surface area contributed by atoms with Crippen molar-refractivity contribution >= 4 is 0 Å². The van der Waals surface area contributed by atoms with Gasteiger partial charge in [-0.15, -0.1) is 0 Å². The minimum Gasteiger partial charge on any atom is -0.492 e. The summed E-state index contributed by atoms with van der Waals surface area (Å²) >= 11 is 0. The zero-order valence-corrected chi connectivity index (χ0v) is 14.2. The summed E-state index contributed by atoms with van der Waals surface area (Å²) in [5.41, 5.74) is 0.612. The third-order valence-electron chi connectivity index (χ3n) is 4.41. The fourth-order valence-corrected chi connectivity index (χ4v) is 2.96. The van der Waals surface area contributed by atoms with Gasteiger partial charge in [0.2, 0.25) is 0 Å². The fourth-order valence-electron chi connectivity index (χ4n) is 2.96. The van der Waals surface area contributed by atoms with Gasteiger partial charge in [-0.3, -0.25) is 9.80 Å². The Bertz CT molecular complexity index is 688. The van der Waals surface area contributed by atoms with Gasteiger partial charge in [0, 0.05) is 39.3 Å². The molecule has 0 bridgehead atoms. The first kappa shape index (κ1) is 17.5. The summed E-state index contributed by atoms with van der Waals surface area (Å²) in [6.45, 7) is 5.79. The largest absolute Gasteiger partial charge is 0.492 e. The van der Waals surface area contributed by atoms with Crippen LogP contribution in [0.3, 0.4) is 0 Å². The maximum absolute atomic E-state index is 10.1. The first-order chi connectivity index (χ1) is 12.2. The number of furan rings is 1. The lowest BCUT2D eigenvalue weighted by Gasteiger charge is -2.35. The van der Waals surface area contributed by atoms with E-state index in [0.29, 0.717) is 24.5 Å². The predicted octanol–water partition coefficient (Wildman–Crippen LogP) is 1.88. The van der Waals surface area contributed by atoms with E-state index < -0.39 is 6.10 Å². The fraction of sp³-hybridized carbons (Fsp3) is 0.421. The van der Waals surface area contributed by atoms with Gasteiger partial charge >= 0.3 is 0 Å². The van der Waals surface area contributed by atoms with E-state index in [9.17, 15) is 5.11 Å². The molecule has 1 aromatic carbocycles. The van der Waals surface area contributed by atoms with Crippen molar-refractivity contribution in [2.75, 3.05) is 45.9 Å². The van der Waals surface area contributed by atoms with E-state index in [1.165, 1.54) is 0 Å². The van der Waals surface area contributed by atoms with Crippen LogP contribution in [0.4, 0.5) is 0 Å². The van der Waals surface area contributed by atoms with Gasteiger partial charge in [0.1, 0.15) is 24.2 Å². The molecule has 2 heterocycles. The molecule has 0 spiro atoms. The Kier molecular flexibility index (Phi) is 6.07. The molecule has 1 atom stereocenters. The molecule has 1 aliphatic rings. The van der Waals surface area contributed by atoms with E-state index >= 15 is 0 Å². The highest BCUT2D eigenvalue weighted by Crippen LogP contribution is 2.16. The lowest BCUT2D eigenvalue weighted by molar-refractivity contribution is 0.0580. The van der Waals surface area contributed by atoms with Crippen molar-refractivity contribution in [1.82, 2.24) is 9.80 Å². The smallest absolute Gasteiger partial charge is 0.133 e. The lowest BCUT2D eigenvalue weighted by Crippen LogP contribution is -2.48. The Morgan fingerprint density at radius 2 is 1.96 bits per heavy atom. The summed E-state index contributed by atoms with van der Waals surface area (Å²) in [5.74, 6) is 1.36. The van der Waals surface area contributed by atoms with Crippen molar-refractivity contribution in [1.29, 1.82) is 5.26 Å². The minimum atomic E-state index is -0.572. The molecule has 3 rings (SSSR count). The number of piperazine rings is 1. The summed E-state index contributed by atoms with van der Waals surface area (Å²) in [5, 5.41) is 19.0. The summed E-state index contributed by atoms with van der Waals surface area (Å²) in [4.78, 5) is 4.60. The number of aliphatic hydroxyl groups is 1. The van der Waals surface area contributed by atoms with Crippen molar-refractivity contribution in [3.05, 3.63) is 54.0 Å². The van der Waals surface area contributed by atoms with Crippen LogP contribution >= 0.6 is 0 Å². The van der Waals surface area contributed by atoms with E-state index in [1.54, 1.807) is 30.5 Å². The van der Waals surface area contributed by atoms with Crippen molar-refractivity contribution in [2.24, 2.45) is 0 Å². The maximum Gasteiger partial charge on any atom is 0.133 e. The average molecular weight is 341 g/mol. The molecular formula is C19H23N3O3. The summed E-state index contributed by atoms with van der Waals surface area (Å²) in [7, 11) is 0. The van der Waals surface area contributed by atoms with Gasteiger partial charge in [0.05, 0.1) is 17.9 Å². The van der Waals surface area contributed by atoms with Gasteiger partial charge in [-0.25, -0.2) is 0 Å². The Hall–Kier alpha value is -2.33. The molecule has 132 valence electrons. The molecule has 0 saturated carbocycles. The van der Waals surface area contributed by atoms with Crippen molar-refractivity contribution in [2.45, 2.75) is 6.10 Å². The Morgan fingerprint density at radius 3 is 2.68 bits per heavy atom. The van der Waals surface area contributed by atoms with E-state index in [4.69, 9.17) is 14.4 Å². The Labute approximate surface area is 147 Å². The first-order valence-corrected chi connectivity index (χ1v) is 8.54. The molecular weight excluding hydrogens is 318 g/mol. The SMILES string of the molecule is N#Cc1cccc(OCCN2CCN(CC(O)c3ccco3)CC2)c1. The van der Waals surface area contributed by atoms with Gasteiger partial charge in [-0.1, -0.05) is 6.07 Å². The molecule has 1 aromatic heterocycles. The van der Waals surface area contributed by atoms with Crippen molar-refractivity contribution < 1.29 is 14.3 Å². The molecule has 1 unspecified atom stereocenters. The van der Waals surface area contributed by atoms with Crippen LogP contribution in [0.5, 0.6) is 5.75 Å². The summed E-state index contributed by atoms with van der Waals surface area (Å²) in [6.07, 6.45) is 1.01. The van der Waals surface area contributed by atoms with Crippen LogP contribution in [0.2, 0.25) is 0 Å². The maximum atomic E-state index is 10.1. The minimum absolute atomic E-state index is 0.572. The Balaban J connectivity index is 1.36. The average Bonchev–Trinajstić information content (AvgIpc) is 3.18. The van der Waals surface area contributed by atoms with E-state index in [-0.39, 0.29) is 0 Å². The number of ether oxygens (including phenoxy) is 1. The standard InChI is InChI=1S/C19H23N3O3/c20-14-16-3-1-4-17(13-16)24-12-10-21-6-8-22(9-7-21)15-18(23)19-5-2-11-25-19/h1-5,11,13,18,23H,6-10,12,15H2. The second kappa shape index (κ2) is 8.67. The third-order valence-corrected chi connectivity index (χ3v) is 4.41. The molecule has 6 nitrogen and oxygen atoms in total. The van der Waals surface area contributed by atoms with Gasteiger partial charge in [0.25, 0.3) is 0 Å². The van der Waals surface area contributed by atoms with Crippen LogP contribution in [0.15, 0.2) is 47.1 Å². The first-order valence-electron chi connectivity index (χ1n) is 8.54. The molecule has 1 N–H and O–H groups in total. The number of nitriles is 1. The number of β-amino-alcohol motifs (C(OH)–C–C–N with tert-alkyl or cyclic N) is 1. The second-order valence-electron chi connectivity index (χ2n) is 6.16. The second-order valence-corrected chi connectivity index (χ2v) is 6.16. The van der Waals surface area contributed by atoms with Gasteiger partial charge in [-0.05, 0) is 30.3 Å². The zero-order valence-electron chi connectivity index (χ0n) is 14.2. The molecule has 2 aromatic rings. The highest BCUT2D eigenvalue weighted by molar-refractivity contribution is 5.36. The molecule has 1 saturated heterocycles. The molecule has 0 aliphatic carbocycles. The van der Waals surface area contributed by atoms with Crippen LogP contribution in [0.25, 0.3) is 0 Å².